The lowest BCUT2D eigenvalue weighted by atomic mass is 10.0. The Bertz CT molecular complexity index is 303. The van der Waals surface area contributed by atoms with Crippen LogP contribution in [-0.4, -0.2) is 6.54 Å². The van der Waals surface area contributed by atoms with Crippen LogP contribution in [0.1, 0.15) is 43.4 Å². The Kier molecular flexibility index (Phi) is 5.14. The summed E-state index contributed by atoms with van der Waals surface area (Å²) in [6.45, 7) is 2.16. The molecule has 1 aromatic heterocycles. The first kappa shape index (κ1) is 12.4. The minimum absolute atomic E-state index is 0.895. The molecule has 0 aliphatic heterocycles. The molecule has 1 heterocycles. The molecule has 3 heteroatoms. The largest absolute Gasteiger partial charge is 0.312 e. The van der Waals surface area contributed by atoms with Crippen molar-refractivity contribution in [3.63, 3.8) is 0 Å². The second kappa shape index (κ2) is 6.63. The van der Waals surface area contributed by atoms with Crippen LogP contribution < -0.4 is 5.32 Å². The summed E-state index contributed by atoms with van der Waals surface area (Å²) >= 11 is 7.58. The minimum atomic E-state index is 0.895. The Morgan fingerprint density at radius 1 is 1.19 bits per heavy atom. The summed E-state index contributed by atoms with van der Waals surface area (Å²) in [7, 11) is 0. The fourth-order valence-corrected chi connectivity index (χ4v) is 3.47. The van der Waals surface area contributed by atoms with Crippen LogP contribution in [0.2, 0.25) is 4.34 Å². The molecule has 1 fully saturated rings. The van der Waals surface area contributed by atoms with Crippen molar-refractivity contribution in [3.8, 4) is 0 Å². The number of hydrogen-bond donors (Lipinski definition) is 1. The predicted octanol–water partition coefficient (Wildman–Crippen LogP) is 4.46. The maximum Gasteiger partial charge on any atom is 0.0931 e. The van der Waals surface area contributed by atoms with Gasteiger partial charge in [-0.05, 0) is 37.4 Å². The third-order valence-electron chi connectivity index (χ3n) is 3.34. The van der Waals surface area contributed by atoms with E-state index in [0.29, 0.717) is 0 Å². The average molecular weight is 258 g/mol. The molecule has 0 atom stereocenters. The van der Waals surface area contributed by atoms with Crippen LogP contribution in [0.25, 0.3) is 0 Å². The van der Waals surface area contributed by atoms with Gasteiger partial charge in [0.25, 0.3) is 0 Å². The van der Waals surface area contributed by atoms with E-state index in [1.165, 1.54) is 49.9 Å². The first-order chi connectivity index (χ1) is 7.84. The Labute approximate surface area is 107 Å². The molecular formula is C13H20ClNS. The van der Waals surface area contributed by atoms with Crippen molar-refractivity contribution in [2.45, 2.75) is 45.1 Å². The lowest BCUT2D eigenvalue weighted by molar-refractivity contribution is 0.426. The van der Waals surface area contributed by atoms with Crippen LogP contribution in [0.5, 0.6) is 0 Å². The van der Waals surface area contributed by atoms with E-state index in [1.54, 1.807) is 11.3 Å². The summed E-state index contributed by atoms with van der Waals surface area (Å²) in [6.07, 6.45) is 8.57. The van der Waals surface area contributed by atoms with E-state index >= 15 is 0 Å². The quantitative estimate of drug-likeness (QED) is 0.786. The van der Waals surface area contributed by atoms with Crippen LogP contribution >= 0.6 is 22.9 Å². The van der Waals surface area contributed by atoms with Crippen molar-refractivity contribution in [2.24, 2.45) is 5.92 Å². The molecular weight excluding hydrogens is 238 g/mol. The van der Waals surface area contributed by atoms with Crippen LogP contribution in [0.4, 0.5) is 0 Å². The Balaban J connectivity index is 1.67. The van der Waals surface area contributed by atoms with Crippen LogP contribution in [-0.2, 0) is 6.54 Å². The van der Waals surface area contributed by atoms with E-state index in [4.69, 9.17) is 11.6 Å². The van der Waals surface area contributed by atoms with Gasteiger partial charge in [-0.3, -0.25) is 0 Å². The van der Waals surface area contributed by atoms with Gasteiger partial charge in [0, 0.05) is 11.4 Å². The molecule has 0 spiro atoms. The molecule has 1 nitrogen and oxygen atoms in total. The van der Waals surface area contributed by atoms with Crippen molar-refractivity contribution in [1.29, 1.82) is 0 Å². The van der Waals surface area contributed by atoms with Crippen molar-refractivity contribution in [1.82, 2.24) is 5.32 Å². The zero-order chi connectivity index (χ0) is 11.2. The Hall–Kier alpha value is -0.0500. The maximum atomic E-state index is 5.90. The van der Waals surface area contributed by atoms with Gasteiger partial charge < -0.3 is 5.32 Å². The fourth-order valence-electron chi connectivity index (χ4n) is 2.41. The number of nitrogens with one attached hydrogen (secondary N) is 1. The highest BCUT2D eigenvalue weighted by Gasteiger charge is 2.11. The highest BCUT2D eigenvalue weighted by Crippen LogP contribution is 2.23. The van der Waals surface area contributed by atoms with Crippen molar-refractivity contribution in [3.05, 3.63) is 21.3 Å². The van der Waals surface area contributed by atoms with Crippen LogP contribution in [0.3, 0.4) is 0 Å². The minimum Gasteiger partial charge on any atom is -0.312 e. The summed E-state index contributed by atoms with van der Waals surface area (Å²) < 4.78 is 0.895. The zero-order valence-electron chi connectivity index (χ0n) is 9.68. The number of rotatable bonds is 4. The maximum absolute atomic E-state index is 5.90. The lowest BCUT2D eigenvalue weighted by Crippen LogP contribution is -2.21. The third kappa shape index (κ3) is 4.08. The van der Waals surface area contributed by atoms with Gasteiger partial charge in [-0.2, -0.15) is 0 Å². The Morgan fingerprint density at radius 2 is 1.94 bits per heavy atom. The molecule has 0 bridgehead atoms. The Morgan fingerprint density at radius 3 is 2.56 bits per heavy atom. The molecule has 0 radical (unpaired) electrons. The summed E-state index contributed by atoms with van der Waals surface area (Å²) in [5, 5.41) is 3.56. The number of halogens is 1. The lowest BCUT2D eigenvalue weighted by Gasteiger charge is -2.14. The fraction of sp³-hybridized carbons (Fsp3) is 0.692. The first-order valence-corrected chi connectivity index (χ1v) is 7.49. The van der Waals surface area contributed by atoms with E-state index in [2.05, 4.69) is 11.4 Å². The predicted molar refractivity (Wildman–Crippen MR) is 72.2 cm³/mol. The second-order valence-electron chi connectivity index (χ2n) is 4.69. The average Bonchev–Trinajstić information content (AvgIpc) is 2.54. The molecule has 1 N–H and O–H groups in total. The normalized spacial score (nSPS) is 18.6. The summed E-state index contributed by atoms with van der Waals surface area (Å²) in [6, 6.07) is 4.10. The first-order valence-electron chi connectivity index (χ1n) is 6.29. The second-order valence-corrected chi connectivity index (χ2v) is 6.49. The highest BCUT2D eigenvalue weighted by atomic mass is 35.5. The SMILES string of the molecule is Clc1ccc(CNCC2CCCCCC2)s1. The van der Waals surface area contributed by atoms with E-state index in [0.717, 1.165) is 16.8 Å². The molecule has 0 saturated heterocycles. The number of hydrogen-bond acceptors (Lipinski definition) is 2. The van der Waals surface area contributed by atoms with Gasteiger partial charge in [0.05, 0.1) is 4.34 Å². The van der Waals surface area contributed by atoms with Crippen LogP contribution in [0.15, 0.2) is 12.1 Å². The van der Waals surface area contributed by atoms with Gasteiger partial charge >= 0.3 is 0 Å². The van der Waals surface area contributed by atoms with Crippen molar-refractivity contribution in [2.75, 3.05) is 6.54 Å². The molecule has 0 aromatic carbocycles. The van der Waals surface area contributed by atoms with E-state index in [-0.39, 0.29) is 0 Å². The third-order valence-corrected chi connectivity index (χ3v) is 4.57. The van der Waals surface area contributed by atoms with Gasteiger partial charge in [-0.15, -0.1) is 11.3 Å². The van der Waals surface area contributed by atoms with E-state index < -0.39 is 0 Å². The van der Waals surface area contributed by atoms with Crippen molar-refractivity contribution >= 4 is 22.9 Å². The van der Waals surface area contributed by atoms with E-state index in [1.807, 2.05) is 6.07 Å². The van der Waals surface area contributed by atoms with Gasteiger partial charge in [0.2, 0.25) is 0 Å². The summed E-state index contributed by atoms with van der Waals surface area (Å²) in [5.74, 6) is 0.901. The van der Waals surface area contributed by atoms with Gasteiger partial charge in [0.1, 0.15) is 0 Å². The molecule has 90 valence electrons. The molecule has 16 heavy (non-hydrogen) atoms. The topological polar surface area (TPSA) is 12.0 Å². The van der Waals surface area contributed by atoms with Gasteiger partial charge in [0.15, 0.2) is 0 Å². The molecule has 1 saturated carbocycles. The zero-order valence-corrected chi connectivity index (χ0v) is 11.2. The van der Waals surface area contributed by atoms with E-state index in [9.17, 15) is 0 Å². The summed E-state index contributed by atoms with van der Waals surface area (Å²) in [5.41, 5.74) is 0. The molecule has 1 aromatic rings. The van der Waals surface area contributed by atoms with Gasteiger partial charge in [-0.25, -0.2) is 0 Å². The van der Waals surface area contributed by atoms with Gasteiger partial charge in [-0.1, -0.05) is 37.3 Å². The molecule has 2 rings (SSSR count). The smallest absolute Gasteiger partial charge is 0.0931 e. The molecule has 1 aliphatic carbocycles. The highest BCUT2D eigenvalue weighted by molar-refractivity contribution is 7.16. The van der Waals surface area contributed by atoms with Crippen molar-refractivity contribution < 1.29 is 0 Å². The number of thiophene rings is 1. The standard InChI is InChI=1S/C13H20ClNS/c14-13-8-7-12(16-13)10-15-9-11-5-3-1-2-4-6-11/h7-8,11,15H,1-6,9-10H2. The molecule has 0 unspecified atom stereocenters. The molecule has 0 amide bonds. The van der Waals surface area contributed by atoms with Crippen LogP contribution in [0, 0.1) is 5.92 Å². The molecule has 1 aliphatic rings. The summed E-state index contributed by atoms with van der Waals surface area (Å²) in [4.78, 5) is 1.35. The monoisotopic (exact) mass is 257 g/mol.